The van der Waals surface area contributed by atoms with Crippen molar-refractivity contribution in [3.8, 4) is 0 Å². The fourth-order valence-corrected chi connectivity index (χ4v) is 4.58. The van der Waals surface area contributed by atoms with Gasteiger partial charge in [-0.05, 0) is 38.0 Å². The van der Waals surface area contributed by atoms with Gasteiger partial charge in [-0.2, -0.15) is 11.8 Å². The molecule has 2 fully saturated rings. The lowest BCUT2D eigenvalue weighted by Crippen LogP contribution is -2.47. The second-order valence-electron chi connectivity index (χ2n) is 4.92. The Kier molecular flexibility index (Phi) is 4.84. The normalized spacial score (nSPS) is 35.6. The van der Waals surface area contributed by atoms with Gasteiger partial charge in [0.25, 0.3) is 0 Å². The van der Waals surface area contributed by atoms with Crippen molar-refractivity contribution in [1.82, 2.24) is 4.90 Å². The van der Waals surface area contributed by atoms with Crippen LogP contribution in [0.3, 0.4) is 0 Å². The number of halogens is 1. The highest BCUT2D eigenvalue weighted by molar-refractivity contribution is 9.09. The topological polar surface area (TPSA) is 3.24 Å². The van der Waals surface area contributed by atoms with Gasteiger partial charge in [0, 0.05) is 22.7 Å². The summed E-state index contributed by atoms with van der Waals surface area (Å²) in [6.07, 6.45) is 7.06. The Morgan fingerprint density at radius 2 is 2.27 bits per heavy atom. The highest BCUT2D eigenvalue weighted by atomic mass is 79.9. The van der Waals surface area contributed by atoms with E-state index >= 15 is 0 Å². The predicted molar refractivity (Wildman–Crippen MR) is 73.1 cm³/mol. The van der Waals surface area contributed by atoms with E-state index in [0.29, 0.717) is 4.83 Å². The van der Waals surface area contributed by atoms with Crippen molar-refractivity contribution in [3.05, 3.63) is 0 Å². The zero-order valence-corrected chi connectivity index (χ0v) is 12.0. The molecule has 3 unspecified atom stereocenters. The molecule has 0 saturated carbocycles. The molecule has 3 atom stereocenters. The molecule has 0 aromatic carbocycles. The quantitative estimate of drug-likeness (QED) is 0.732. The van der Waals surface area contributed by atoms with Crippen LogP contribution in [0, 0.1) is 0 Å². The van der Waals surface area contributed by atoms with Crippen molar-refractivity contribution >= 4 is 27.7 Å². The molecule has 2 aliphatic rings. The number of nitrogens with zero attached hydrogens (tertiary/aromatic N) is 1. The minimum Gasteiger partial charge on any atom is -0.297 e. The van der Waals surface area contributed by atoms with E-state index in [0.717, 1.165) is 12.1 Å². The van der Waals surface area contributed by atoms with Crippen LogP contribution in [0.25, 0.3) is 0 Å². The van der Waals surface area contributed by atoms with E-state index < -0.39 is 0 Å². The summed E-state index contributed by atoms with van der Waals surface area (Å²) in [5.41, 5.74) is 0. The first-order valence-corrected chi connectivity index (χ1v) is 8.32. The van der Waals surface area contributed by atoms with Gasteiger partial charge < -0.3 is 0 Å². The van der Waals surface area contributed by atoms with E-state index in [2.05, 4.69) is 39.5 Å². The fourth-order valence-electron chi connectivity index (χ4n) is 2.92. The lowest BCUT2D eigenvalue weighted by atomic mass is 9.96. The Balaban J connectivity index is 1.92. The van der Waals surface area contributed by atoms with Gasteiger partial charge in [-0.3, -0.25) is 4.90 Å². The minimum atomic E-state index is 0.678. The van der Waals surface area contributed by atoms with Gasteiger partial charge in [0.2, 0.25) is 0 Å². The number of likely N-dealkylation sites (tertiary alicyclic amines) is 1. The van der Waals surface area contributed by atoms with E-state index in [4.69, 9.17) is 0 Å². The molecule has 3 heteroatoms. The van der Waals surface area contributed by atoms with Crippen molar-refractivity contribution in [2.45, 2.75) is 55.9 Å². The molecule has 2 heterocycles. The number of hydrogen-bond donors (Lipinski definition) is 0. The standard InChI is InChI=1S/C12H22BrNS/c1-10(13)8-11-4-2-3-6-14(11)12-5-7-15-9-12/h10-12H,2-9H2,1H3. The summed E-state index contributed by atoms with van der Waals surface area (Å²) in [5.74, 6) is 2.77. The van der Waals surface area contributed by atoms with Crippen LogP contribution in [-0.2, 0) is 0 Å². The fraction of sp³-hybridized carbons (Fsp3) is 1.00. The van der Waals surface area contributed by atoms with Gasteiger partial charge in [-0.1, -0.05) is 29.3 Å². The second-order valence-corrected chi connectivity index (χ2v) is 7.63. The SMILES string of the molecule is CC(Br)CC1CCCCN1C1CCSC1. The first kappa shape index (κ1) is 12.3. The Morgan fingerprint density at radius 3 is 2.93 bits per heavy atom. The van der Waals surface area contributed by atoms with Crippen LogP contribution in [0.2, 0.25) is 0 Å². The summed E-state index contributed by atoms with van der Waals surface area (Å²) in [6.45, 7) is 3.64. The Morgan fingerprint density at radius 1 is 1.40 bits per heavy atom. The molecule has 0 amide bonds. The van der Waals surface area contributed by atoms with Gasteiger partial charge in [-0.25, -0.2) is 0 Å². The Hall–Kier alpha value is 0.790. The van der Waals surface area contributed by atoms with E-state index in [1.165, 1.54) is 50.2 Å². The van der Waals surface area contributed by atoms with Gasteiger partial charge in [-0.15, -0.1) is 0 Å². The maximum Gasteiger partial charge on any atom is 0.0197 e. The van der Waals surface area contributed by atoms with Crippen molar-refractivity contribution < 1.29 is 0 Å². The number of thioether (sulfide) groups is 1. The van der Waals surface area contributed by atoms with Crippen LogP contribution in [-0.4, -0.2) is 39.9 Å². The van der Waals surface area contributed by atoms with Crippen LogP contribution < -0.4 is 0 Å². The number of hydrogen-bond acceptors (Lipinski definition) is 2. The molecule has 2 rings (SSSR count). The van der Waals surface area contributed by atoms with Crippen LogP contribution >= 0.6 is 27.7 Å². The summed E-state index contributed by atoms with van der Waals surface area (Å²) in [5, 5.41) is 0. The average Bonchev–Trinajstić information content (AvgIpc) is 2.70. The van der Waals surface area contributed by atoms with E-state index in [1.54, 1.807) is 0 Å². The van der Waals surface area contributed by atoms with Crippen molar-refractivity contribution in [2.75, 3.05) is 18.1 Å². The maximum absolute atomic E-state index is 3.71. The van der Waals surface area contributed by atoms with Crippen molar-refractivity contribution in [3.63, 3.8) is 0 Å². The lowest BCUT2D eigenvalue weighted by Gasteiger charge is -2.40. The van der Waals surface area contributed by atoms with Gasteiger partial charge in [0.15, 0.2) is 0 Å². The van der Waals surface area contributed by atoms with E-state index in [-0.39, 0.29) is 0 Å². The summed E-state index contributed by atoms with van der Waals surface area (Å²) < 4.78 is 0. The lowest BCUT2D eigenvalue weighted by molar-refractivity contribution is 0.101. The number of alkyl halides is 1. The largest absolute Gasteiger partial charge is 0.297 e. The van der Waals surface area contributed by atoms with Gasteiger partial charge >= 0.3 is 0 Å². The first-order chi connectivity index (χ1) is 7.27. The highest BCUT2D eigenvalue weighted by Crippen LogP contribution is 2.30. The molecule has 0 spiro atoms. The number of piperidine rings is 1. The molecule has 0 aromatic rings. The van der Waals surface area contributed by atoms with Gasteiger partial charge in [0.1, 0.15) is 0 Å². The monoisotopic (exact) mass is 291 g/mol. The Bertz CT molecular complexity index is 192. The maximum atomic E-state index is 3.71. The molecule has 0 aromatic heterocycles. The predicted octanol–water partition coefficient (Wildman–Crippen LogP) is 3.52. The average molecular weight is 292 g/mol. The minimum absolute atomic E-state index is 0.678. The molecule has 2 aliphatic heterocycles. The van der Waals surface area contributed by atoms with E-state index in [9.17, 15) is 0 Å². The summed E-state index contributed by atoms with van der Waals surface area (Å²) in [6, 6.07) is 1.75. The molecule has 15 heavy (non-hydrogen) atoms. The van der Waals surface area contributed by atoms with Crippen LogP contribution in [0.1, 0.15) is 39.0 Å². The van der Waals surface area contributed by atoms with Crippen molar-refractivity contribution in [1.29, 1.82) is 0 Å². The summed E-state index contributed by atoms with van der Waals surface area (Å²) >= 11 is 5.86. The van der Waals surface area contributed by atoms with Crippen LogP contribution in [0.4, 0.5) is 0 Å². The zero-order valence-electron chi connectivity index (χ0n) is 9.62. The molecule has 1 nitrogen and oxygen atoms in total. The summed E-state index contributed by atoms with van der Waals surface area (Å²) in [7, 11) is 0. The third-order valence-electron chi connectivity index (χ3n) is 3.64. The third kappa shape index (κ3) is 3.37. The molecular formula is C12H22BrNS. The first-order valence-electron chi connectivity index (χ1n) is 6.25. The molecule has 88 valence electrons. The summed E-state index contributed by atoms with van der Waals surface area (Å²) in [4.78, 5) is 3.50. The molecule has 0 aliphatic carbocycles. The molecule has 0 bridgehead atoms. The van der Waals surface area contributed by atoms with Crippen molar-refractivity contribution in [2.24, 2.45) is 0 Å². The molecule has 0 radical (unpaired) electrons. The zero-order chi connectivity index (χ0) is 10.7. The molecule has 0 N–H and O–H groups in total. The number of rotatable bonds is 3. The smallest absolute Gasteiger partial charge is 0.0197 e. The second kappa shape index (κ2) is 5.92. The van der Waals surface area contributed by atoms with E-state index in [1.807, 2.05) is 0 Å². The molecule has 2 saturated heterocycles. The van der Waals surface area contributed by atoms with Crippen LogP contribution in [0.5, 0.6) is 0 Å². The van der Waals surface area contributed by atoms with Crippen LogP contribution in [0.15, 0.2) is 0 Å². The third-order valence-corrected chi connectivity index (χ3v) is 5.16. The van der Waals surface area contributed by atoms with Gasteiger partial charge in [0.05, 0.1) is 0 Å². The Labute approximate surface area is 106 Å². The highest BCUT2D eigenvalue weighted by Gasteiger charge is 2.31. The molecular weight excluding hydrogens is 270 g/mol.